The Kier molecular flexibility index (Phi) is 4.57. The van der Waals surface area contributed by atoms with Crippen molar-refractivity contribution < 1.29 is 23.4 Å². The van der Waals surface area contributed by atoms with E-state index < -0.39 is 24.1 Å². The van der Waals surface area contributed by atoms with Gasteiger partial charge in [0, 0.05) is 5.56 Å². The van der Waals surface area contributed by atoms with E-state index >= 15 is 0 Å². The molecule has 17 heavy (non-hydrogen) atoms. The summed E-state index contributed by atoms with van der Waals surface area (Å²) < 4.78 is 31.3. The Morgan fingerprint density at radius 2 is 2.18 bits per heavy atom. The van der Waals surface area contributed by atoms with Gasteiger partial charge in [0.1, 0.15) is 11.9 Å². The number of aliphatic hydroxyl groups is 1. The molecule has 0 heterocycles. The average Bonchev–Trinajstić information content (AvgIpc) is 2.30. The van der Waals surface area contributed by atoms with E-state index in [2.05, 4.69) is 4.74 Å². The Bertz CT molecular complexity index is 407. The Morgan fingerprint density at radius 1 is 1.53 bits per heavy atom. The maximum absolute atomic E-state index is 13.5. The van der Waals surface area contributed by atoms with Gasteiger partial charge >= 0.3 is 5.97 Å². The first-order valence-electron chi connectivity index (χ1n) is 5.22. The van der Waals surface area contributed by atoms with E-state index in [-0.39, 0.29) is 12.2 Å². The van der Waals surface area contributed by atoms with Crippen LogP contribution in [0.2, 0.25) is 0 Å². The highest BCUT2D eigenvalue weighted by Crippen LogP contribution is 2.24. The lowest BCUT2D eigenvalue weighted by Gasteiger charge is -2.15. The molecule has 5 heteroatoms. The van der Waals surface area contributed by atoms with Crippen LogP contribution in [0.3, 0.4) is 0 Å². The summed E-state index contributed by atoms with van der Waals surface area (Å²) in [5.74, 6) is -1.95. The van der Waals surface area contributed by atoms with Gasteiger partial charge in [0.15, 0.2) is 0 Å². The third-order valence-electron chi connectivity index (χ3n) is 2.26. The van der Waals surface area contributed by atoms with Gasteiger partial charge in [0.2, 0.25) is 6.17 Å². The highest BCUT2D eigenvalue weighted by molar-refractivity contribution is 5.75. The molecule has 1 aromatic carbocycles. The lowest BCUT2D eigenvalue weighted by atomic mass is 10.0. The SMILES string of the molecule is CCOC(=O)C(F)C(O)c1cc(C)ccc1F. The molecule has 0 aliphatic carbocycles. The Labute approximate surface area is 98.0 Å². The Hall–Kier alpha value is -1.49. The number of esters is 1. The first-order chi connectivity index (χ1) is 7.97. The highest BCUT2D eigenvalue weighted by atomic mass is 19.1. The van der Waals surface area contributed by atoms with E-state index in [1.165, 1.54) is 19.1 Å². The lowest BCUT2D eigenvalue weighted by Crippen LogP contribution is -2.26. The molecule has 94 valence electrons. The van der Waals surface area contributed by atoms with Crippen molar-refractivity contribution in [3.63, 3.8) is 0 Å². The van der Waals surface area contributed by atoms with E-state index in [9.17, 15) is 18.7 Å². The average molecular weight is 244 g/mol. The Morgan fingerprint density at radius 3 is 2.76 bits per heavy atom. The maximum Gasteiger partial charge on any atom is 0.343 e. The van der Waals surface area contributed by atoms with Gasteiger partial charge in [-0.3, -0.25) is 0 Å². The second-order valence-corrected chi connectivity index (χ2v) is 3.62. The number of hydrogen-bond acceptors (Lipinski definition) is 3. The van der Waals surface area contributed by atoms with Gasteiger partial charge in [-0.25, -0.2) is 13.6 Å². The number of carbonyl (C=O) groups excluding carboxylic acids is 1. The molecule has 0 saturated carbocycles. The van der Waals surface area contributed by atoms with Crippen molar-refractivity contribution in [2.45, 2.75) is 26.1 Å². The number of halogens is 2. The summed E-state index contributed by atoms with van der Waals surface area (Å²) in [7, 11) is 0. The van der Waals surface area contributed by atoms with Crippen molar-refractivity contribution in [2.24, 2.45) is 0 Å². The molecule has 0 bridgehead atoms. The number of carbonyl (C=O) groups is 1. The fourth-order valence-electron chi connectivity index (χ4n) is 1.40. The fourth-order valence-corrected chi connectivity index (χ4v) is 1.40. The molecule has 0 amide bonds. The number of rotatable bonds is 4. The Balaban J connectivity index is 2.91. The summed E-state index contributed by atoms with van der Waals surface area (Å²) in [4.78, 5) is 11.1. The summed E-state index contributed by atoms with van der Waals surface area (Å²) >= 11 is 0. The van der Waals surface area contributed by atoms with Crippen molar-refractivity contribution >= 4 is 5.97 Å². The van der Waals surface area contributed by atoms with Crippen molar-refractivity contribution in [3.8, 4) is 0 Å². The zero-order chi connectivity index (χ0) is 13.0. The van der Waals surface area contributed by atoms with E-state index in [0.29, 0.717) is 5.56 Å². The molecule has 2 unspecified atom stereocenters. The topological polar surface area (TPSA) is 46.5 Å². The zero-order valence-electron chi connectivity index (χ0n) is 9.61. The van der Waals surface area contributed by atoms with E-state index in [1.807, 2.05) is 0 Å². The summed E-state index contributed by atoms with van der Waals surface area (Å²) in [6, 6.07) is 3.90. The molecule has 1 N–H and O–H groups in total. The van der Waals surface area contributed by atoms with Crippen LogP contribution in [0.1, 0.15) is 24.2 Å². The van der Waals surface area contributed by atoms with Gasteiger partial charge in [-0.15, -0.1) is 0 Å². The van der Waals surface area contributed by atoms with Crippen molar-refractivity contribution in [3.05, 3.63) is 35.1 Å². The van der Waals surface area contributed by atoms with Crippen LogP contribution in [0.4, 0.5) is 8.78 Å². The molecule has 0 saturated heterocycles. The van der Waals surface area contributed by atoms with Crippen LogP contribution >= 0.6 is 0 Å². The summed E-state index contributed by atoms with van der Waals surface area (Å²) in [5.41, 5.74) is 0.419. The summed E-state index contributed by atoms with van der Waals surface area (Å²) in [6.07, 6.45) is -4.14. The minimum Gasteiger partial charge on any atom is -0.464 e. The second-order valence-electron chi connectivity index (χ2n) is 3.62. The quantitative estimate of drug-likeness (QED) is 0.825. The highest BCUT2D eigenvalue weighted by Gasteiger charge is 2.30. The monoisotopic (exact) mass is 244 g/mol. The van der Waals surface area contributed by atoms with Crippen LogP contribution in [0.25, 0.3) is 0 Å². The minimum absolute atomic E-state index is 0.00225. The van der Waals surface area contributed by atoms with Gasteiger partial charge in [-0.1, -0.05) is 17.7 Å². The van der Waals surface area contributed by atoms with Crippen molar-refractivity contribution in [2.75, 3.05) is 6.61 Å². The van der Waals surface area contributed by atoms with Crippen LogP contribution in [0, 0.1) is 12.7 Å². The third-order valence-corrected chi connectivity index (χ3v) is 2.26. The summed E-state index contributed by atoms with van der Waals surface area (Å²) in [6.45, 7) is 3.19. The normalized spacial score (nSPS) is 14.2. The van der Waals surface area contributed by atoms with Gasteiger partial charge in [0.05, 0.1) is 6.61 Å². The first-order valence-corrected chi connectivity index (χ1v) is 5.22. The predicted octanol–water partition coefficient (Wildman–Crippen LogP) is 2.07. The van der Waals surface area contributed by atoms with Gasteiger partial charge < -0.3 is 9.84 Å². The number of aryl methyl sites for hydroxylation is 1. The molecular weight excluding hydrogens is 230 g/mol. The van der Waals surface area contributed by atoms with E-state index in [0.717, 1.165) is 6.07 Å². The van der Waals surface area contributed by atoms with Crippen LogP contribution in [0.15, 0.2) is 18.2 Å². The molecule has 2 atom stereocenters. The number of hydrogen-bond donors (Lipinski definition) is 1. The second kappa shape index (κ2) is 5.72. The molecule has 1 aromatic rings. The standard InChI is InChI=1S/C12H14F2O3/c1-3-17-12(16)10(14)11(15)8-6-7(2)4-5-9(8)13/h4-6,10-11,15H,3H2,1-2H3. The minimum atomic E-state index is -2.29. The molecule has 0 spiro atoms. The maximum atomic E-state index is 13.5. The molecule has 0 aromatic heterocycles. The molecule has 3 nitrogen and oxygen atoms in total. The molecule has 0 aliphatic rings. The molecule has 0 aliphatic heterocycles. The first kappa shape index (κ1) is 13.6. The number of alkyl halides is 1. The van der Waals surface area contributed by atoms with Crippen molar-refractivity contribution in [1.29, 1.82) is 0 Å². The third kappa shape index (κ3) is 3.23. The number of ether oxygens (including phenoxy) is 1. The fraction of sp³-hybridized carbons (Fsp3) is 0.417. The molecular formula is C12H14F2O3. The largest absolute Gasteiger partial charge is 0.464 e. The van der Waals surface area contributed by atoms with Crippen LogP contribution in [0.5, 0.6) is 0 Å². The smallest absolute Gasteiger partial charge is 0.343 e. The zero-order valence-corrected chi connectivity index (χ0v) is 9.61. The lowest BCUT2D eigenvalue weighted by molar-refractivity contribution is -0.153. The van der Waals surface area contributed by atoms with E-state index in [4.69, 9.17) is 0 Å². The van der Waals surface area contributed by atoms with Crippen LogP contribution < -0.4 is 0 Å². The number of aliphatic hydroxyl groups excluding tert-OH is 1. The van der Waals surface area contributed by atoms with E-state index in [1.54, 1.807) is 6.92 Å². The number of benzene rings is 1. The van der Waals surface area contributed by atoms with Gasteiger partial charge in [-0.2, -0.15) is 0 Å². The van der Waals surface area contributed by atoms with Crippen LogP contribution in [-0.4, -0.2) is 23.9 Å². The van der Waals surface area contributed by atoms with Crippen molar-refractivity contribution in [1.82, 2.24) is 0 Å². The predicted molar refractivity (Wildman–Crippen MR) is 57.6 cm³/mol. The van der Waals surface area contributed by atoms with Gasteiger partial charge in [0.25, 0.3) is 0 Å². The molecule has 1 rings (SSSR count). The summed E-state index contributed by atoms with van der Waals surface area (Å²) in [5, 5.41) is 9.58. The molecule has 0 fully saturated rings. The van der Waals surface area contributed by atoms with Crippen LogP contribution in [-0.2, 0) is 9.53 Å². The van der Waals surface area contributed by atoms with Gasteiger partial charge in [-0.05, 0) is 19.9 Å². The molecule has 0 radical (unpaired) electrons.